The number of aliphatic carboxylic acids is 1. The van der Waals surface area contributed by atoms with Crippen molar-refractivity contribution < 1.29 is 24.2 Å². The Bertz CT molecular complexity index is 823. The summed E-state index contributed by atoms with van der Waals surface area (Å²) in [5.41, 5.74) is 0.747. The van der Waals surface area contributed by atoms with E-state index in [2.05, 4.69) is 5.32 Å². The van der Waals surface area contributed by atoms with E-state index >= 15 is 0 Å². The van der Waals surface area contributed by atoms with Gasteiger partial charge in [-0.3, -0.25) is 9.59 Å². The first-order valence-electron chi connectivity index (χ1n) is 7.07. The molecule has 0 fully saturated rings. The molecule has 1 amide bonds. The lowest BCUT2D eigenvalue weighted by Crippen LogP contribution is -2.38. The van der Waals surface area contributed by atoms with E-state index < -0.39 is 23.5 Å². The lowest BCUT2D eigenvalue weighted by Gasteiger charge is -2.10. The van der Waals surface area contributed by atoms with Crippen molar-refractivity contribution in [3.05, 3.63) is 39.7 Å². The van der Waals surface area contributed by atoms with Crippen LogP contribution in [-0.4, -0.2) is 28.1 Å². The van der Waals surface area contributed by atoms with E-state index in [1.807, 2.05) is 0 Å². The number of phenols is 1. The van der Waals surface area contributed by atoms with Crippen LogP contribution in [0.3, 0.4) is 0 Å². The SMILES string of the molecule is Cc1c(CCC(=O)NC(C)C(=O)O)c(=O)oc2cc(O)ccc12. The Morgan fingerprint density at radius 2 is 2.04 bits per heavy atom. The summed E-state index contributed by atoms with van der Waals surface area (Å²) >= 11 is 0. The summed E-state index contributed by atoms with van der Waals surface area (Å²) in [5.74, 6) is -1.58. The van der Waals surface area contributed by atoms with Gasteiger partial charge in [-0.25, -0.2) is 4.79 Å². The molecule has 1 aromatic carbocycles. The molecule has 0 saturated carbocycles. The largest absolute Gasteiger partial charge is 0.508 e. The van der Waals surface area contributed by atoms with Crippen molar-refractivity contribution in [3.8, 4) is 5.75 Å². The number of amides is 1. The van der Waals surface area contributed by atoms with E-state index in [1.165, 1.54) is 19.1 Å². The fourth-order valence-electron chi connectivity index (χ4n) is 2.29. The first-order valence-corrected chi connectivity index (χ1v) is 7.07. The number of carboxylic acid groups (broad SMARTS) is 1. The smallest absolute Gasteiger partial charge is 0.339 e. The van der Waals surface area contributed by atoms with Gasteiger partial charge in [-0.1, -0.05) is 0 Å². The third-order valence-electron chi connectivity index (χ3n) is 3.62. The zero-order valence-electron chi connectivity index (χ0n) is 12.8. The Morgan fingerprint density at radius 3 is 2.70 bits per heavy atom. The molecule has 0 saturated heterocycles. The zero-order valence-corrected chi connectivity index (χ0v) is 12.8. The Balaban J connectivity index is 2.21. The minimum Gasteiger partial charge on any atom is -0.508 e. The summed E-state index contributed by atoms with van der Waals surface area (Å²) < 4.78 is 5.16. The molecule has 0 aliphatic carbocycles. The number of carboxylic acids is 1. The second-order valence-electron chi connectivity index (χ2n) is 5.30. The number of hydrogen-bond donors (Lipinski definition) is 3. The van der Waals surface area contributed by atoms with Crippen molar-refractivity contribution in [3.63, 3.8) is 0 Å². The van der Waals surface area contributed by atoms with Crippen molar-refractivity contribution in [2.24, 2.45) is 0 Å². The Labute approximate surface area is 131 Å². The lowest BCUT2D eigenvalue weighted by molar-refractivity contribution is -0.141. The van der Waals surface area contributed by atoms with E-state index in [1.54, 1.807) is 13.0 Å². The fraction of sp³-hybridized carbons (Fsp3) is 0.312. The molecule has 122 valence electrons. The quantitative estimate of drug-likeness (QED) is 0.716. The number of carbonyl (C=O) groups excluding carboxylic acids is 1. The molecule has 0 spiro atoms. The second-order valence-corrected chi connectivity index (χ2v) is 5.30. The highest BCUT2D eigenvalue weighted by molar-refractivity contribution is 5.84. The summed E-state index contributed by atoms with van der Waals surface area (Å²) in [7, 11) is 0. The van der Waals surface area contributed by atoms with Crippen molar-refractivity contribution in [1.29, 1.82) is 0 Å². The van der Waals surface area contributed by atoms with Crippen LogP contribution in [-0.2, 0) is 16.0 Å². The standard InChI is InChI=1S/C16H17NO6/c1-8-11-4-3-10(18)7-13(11)23-16(22)12(8)5-6-14(19)17-9(2)15(20)21/h3-4,7,9,18H,5-6H2,1-2H3,(H,17,19)(H,20,21). The Morgan fingerprint density at radius 1 is 1.35 bits per heavy atom. The lowest BCUT2D eigenvalue weighted by atomic mass is 10.0. The van der Waals surface area contributed by atoms with Crippen LogP contribution in [0.15, 0.2) is 27.4 Å². The van der Waals surface area contributed by atoms with Crippen molar-refractivity contribution in [2.45, 2.75) is 32.7 Å². The van der Waals surface area contributed by atoms with E-state index in [9.17, 15) is 19.5 Å². The van der Waals surface area contributed by atoms with Gasteiger partial charge in [0.2, 0.25) is 5.91 Å². The number of rotatable bonds is 5. The fourth-order valence-corrected chi connectivity index (χ4v) is 2.29. The number of benzene rings is 1. The topological polar surface area (TPSA) is 117 Å². The number of hydrogen-bond acceptors (Lipinski definition) is 5. The molecule has 7 nitrogen and oxygen atoms in total. The average molecular weight is 319 g/mol. The number of carbonyl (C=O) groups is 2. The molecule has 7 heteroatoms. The molecule has 0 bridgehead atoms. The van der Waals surface area contributed by atoms with Gasteiger partial charge in [0.05, 0.1) is 0 Å². The minimum atomic E-state index is -1.13. The van der Waals surface area contributed by atoms with E-state index in [0.29, 0.717) is 16.5 Å². The van der Waals surface area contributed by atoms with Gasteiger partial charge in [-0.05, 0) is 38.0 Å². The minimum absolute atomic E-state index is 0.00478. The number of aryl methyl sites for hydroxylation is 1. The summed E-state index contributed by atoms with van der Waals surface area (Å²) in [6.07, 6.45) is 0.121. The second kappa shape index (κ2) is 6.51. The molecular formula is C16H17NO6. The summed E-state index contributed by atoms with van der Waals surface area (Å²) in [6, 6.07) is 3.49. The number of fused-ring (bicyclic) bond motifs is 1. The van der Waals surface area contributed by atoms with Gasteiger partial charge < -0.3 is 19.9 Å². The summed E-state index contributed by atoms with van der Waals surface area (Å²) in [4.78, 5) is 34.4. The van der Waals surface area contributed by atoms with Crippen molar-refractivity contribution >= 4 is 22.8 Å². The summed E-state index contributed by atoms with van der Waals surface area (Å²) in [5, 5.41) is 21.2. The molecule has 23 heavy (non-hydrogen) atoms. The van der Waals surface area contributed by atoms with Crippen LogP contribution in [0.5, 0.6) is 5.75 Å². The normalized spacial score (nSPS) is 12.1. The third-order valence-corrected chi connectivity index (χ3v) is 3.62. The monoisotopic (exact) mass is 319 g/mol. The number of nitrogens with one attached hydrogen (secondary N) is 1. The molecule has 1 atom stereocenters. The molecule has 1 aromatic heterocycles. The average Bonchev–Trinajstić information content (AvgIpc) is 2.46. The van der Waals surface area contributed by atoms with Gasteiger partial charge in [-0.2, -0.15) is 0 Å². The van der Waals surface area contributed by atoms with Crippen molar-refractivity contribution in [1.82, 2.24) is 5.32 Å². The van der Waals surface area contributed by atoms with Gasteiger partial charge in [0.1, 0.15) is 17.4 Å². The van der Waals surface area contributed by atoms with E-state index in [0.717, 1.165) is 0 Å². The first kappa shape index (κ1) is 16.5. The van der Waals surface area contributed by atoms with Crippen LogP contribution in [0.4, 0.5) is 0 Å². The molecule has 1 unspecified atom stereocenters. The predicted octanol–water partition coefficient (Wildman–Crippen LogP) is 1.33. The van der Waals surface area contributed by atoms with Gasteiger partial charge >= 0.3 is 11.6 Å². The number of aromatic hydroxyl groups is 1. The van der Waals surface area contributed by atoms with Crippen LogP contribution in [0.1, 0.15) is 24.5 Å². The van der Waals surface area contributed by atoms with Crippen LogP contribution in [0.25, 0.3) is 11.0 Å². The van der Waals surface area contributed by atoms with Crippen LogP contribution >= 0.6 is 0 Å². The maximum atomic E-state index is 12.0. The third kappa shape index (κ3) is 3.68. The van der Waals surface area contributed by atoms with Crippen molar-refractivity contribution in [2.75, 3.05) is 0 Å². The van der Waals surface area contributed by atoms with E-state index in [4.69, 9.17) is 9.52 Å². The van der Waals surface area contributed by atoms with Crippen LogP contribution in [0.2, 0.25) is 0 Å². The highest BCUT2D eigenvalue weighted by atomic mass is 16.4. The summed E-state index contributed by atoms with van der Waals surface area (Å²) in [6.45, 7) is 3.10. The van der Waals surface area contributed by atoms with Gasteiger partial charge in [-0.15, -0.1) is 0 Å². The van der Waals surface area contributed by atoms with Crippen LogP contribution in [0, 0.1) is 6.92 Å². The number of phenolic OH excluding ortho intramolecular Hbond substituents is 1. The predicted molar refractivity (Wildman–Crippen MR) is 82.4 cm³/mol. The molecule has 0 aliphatic rings. The highest BCUT2D eigenvalue weighted by Crippen LogP contribution is 2.23. The van der Waals surface area contributed by atoms with Gasteiger partial charge in [0.25, 0.3) is 0 Å². The molecule has 2 aromatic rings. The molecular weight excluding hydrogens is 302 g/mol. The molecule has 2 rings (SSSR count). The van der Waals surface area contributed by atoms with Crippen LogP contribution < -0.4 is 10.9 Å². The Hall–Kier alpha value is -2.83. The maximum absolute atomic E-state index is 12.0. The van der Waals surface area contributed by atoms with Gasteiger partial charge in [0.15, 0.2) is 0 Å². The highest BCUT2D eigenvalue weighted by Gasteiger charge is 2.16. The molecule has 0 radical (unpaired) electrons. The first-order chi connectivity index (χ1) is 10.8. The Kier molecular flexibility index (Phi) is 4.68. The van der Waals surface area contributed by atoms with Gasteiger partial charge in [0, 0.05) is 23.4 Å². The molecule has 1 heterocycles. The van der Waals surface area contributed by atoms with E-state index in [-0.39, 0.29) is 24.2 Å². The maximum Gasteiger partial charge on any atom is 0.339 e. The zero-order chi connectivity index (χ0) is 17.1. The molecule has 3 N–H and O–H groups in total. The molecule has 0 aliphatic heterocycles.